The van der Waals surface area contributed by atoms with Crippen LogP contribution in [0.4, 0.5) is 5.69 Å². The van der Waals surface area contributed by atoms with Gasteiger partial charge in [0, 0.05) is 35.1 Å². The average molecular weight is 454 g/mol. The maximum atomic E-state index is 13.1. The van der Waals surface area contributed by atoms with E-state index in [0.29, 0.717) is 17.1 Å². The maximum Gasteiger partial charge on any atom is 0.263 e. The fraction of sp³-hybridized carbons (Fsp3) is 0.227. The zero-order valence-electron chi connectivity index (χ0n) is 16.5. The molecule has 1 amide bonds. The summed E-state index contributed by atoms with van der Waals surface area (Å²) in [5.41, 5.74) is 3.06. The molecule has 30 heavy (non-hydrogen) atoms. The van der Waals surface area contributed by atoms with E-state index in [-0.39, 0.29) is 16.7 Å². The third-order valence-corrected chi connectivity index (χ3v) is 8.25. The molecule has 0 radical (unpaired) electrons. The van der Waals surface area contributed by atoms with Gasteiger partial charge >= 0.3 is 0 Å². The third kappa shape index (κ3) is 3.19. The molecule has 152 valence electrons. The normalized spacial score (nSPS) is 14.3. The quantitative estimate of drug-likeness (QED) is 0.329. The van der Waals surface area contributed by atoms with E-state index >= 15 is 0 Å². The van der Waals surface area contributed by atoms with Crippen molar-refractivity contribution < 1.29 is 4.79 Å². The number of carbonyl (C=O) groups excluding carboxylic acids is 1. The number of benzene rings is 1. The molecule has 1 aromatic carbocycles. The van der Waals surface area contributed by atoms with E-state index in [0.717, 1.165) is 27.4 Å². The number of hydrogen-bond donors (Lipinski definition) is 0. The van der Waals surface area contributed by atoms with Crippen LogP contribution in [0, 0.1) is 0 Å². The first-order valence-corrected chi connectivity index (χ1v) is 12.3. The molecule has 0 saturated heterocycles. The molecule has 1 atom stereocenters. The fourth-order valence-corrected chi connectivity index (χ4v) is 6.51. The van der Waals surface area contributed by atoms with E-state index in [2.05, 4.69) is 6.07 Å². The van der Waals surface area contributed by atoms with Crippen LogP contribution in [-0.4, -0.2) is 27.3 Å². The number of rotatable bonds is 4. The Balaban J connectivity index is 1.45. The van der Waals surface area contributed by atoms with Crippen LogP contribution in [0.2, 0.25) is 0 Å². The molecule has 4 aromatic rings. The number of thioether (sulfide) groups is 1. The minimum absolute atomic E-state index is 0.0461. The largest absolute Gasteiger partial charge is 0.311 e. The van der Waals surface area contributed by atoms with Gasteiger partial charge in [-0.3, -0.25) is 14.2 Å². The molecule has 8 heteroatoms. The summed E-state index contributed by atoms with van der Waals surface area (Å²) in [5.74, 6) is 0.0461. The predicted molar refractivity (Wildman–Crippen MR) is 126 cm³/mol. The van der Waals surface area contributed by atoms with E-state index in [4.69, 9.17) is 4.98 Å². The topological polar surface area (TPSA) is 55.2 Å². The van der Waals surface area contributed by atoms with Crippen molar-refractivity contribution in [1.82, 2.24) is 9.55 Å². The number of anilines is 1. The Morgan fingerprint density at radius 2 is 2.03 bits per heavy atom. The molecule has 0 saturated carbocycles. The van der Waals surface area contributed by atoms with E-state index in [9.17, 15) is 9.59 Å². The number of hydrogen-bond acceptors (Lipinski definition) is 6. The first-order chi connectivity index (χ1) is 14.5. The molecule has 1 aliphatic rings. The summed E-state index contributed by atoms with van der Waals surface area (Å²) in [4.78, 5) is 34.6. The highest BCUT2D eigenvalue weighted by atomic mass is 32.2. The van der Waals surface area contributed by atoms with Crippen LogP contribution in [0.15, 0.2) is 57.1 Å². The summed E-state index contributed by atoms with van der Waals surface area (Å²) in [5, 5.41) is 4.88. The van der Waals surface area contributed by atoms with Crippen molar-refractivity contribution in [2.24, 2.45) is 7.05 Å². The highest BCUT2D eigenvalue weighted by Crippen LogP contribution is 2.35. The van der Waals surface area contributed by atoms with Gasteiger partial charge in [-0.15, -0.1) is 22.7 Å². The van der Waals surface area contributed by atoms with Crippen LogP contribution in [0.1, 0.15) is 12.5 Å². The minimum atomic E-state index is -0.344. The van der Waals surface area contributed by atoms with Gasteiger partial charge in [0.25, 0.3) is 5.56 Å². The number of fused-ring (bicyclic) bond motifs is 2. The Morgan fingerprint density at radius 1 is 1.20 bits per heavy atom. The fourth-order valence-electron chi connectivity index (χ4n) is 3.77. The van der Waals surface area contributed by atoms with Crippen LogP contribution in [0.3, 0.4) is 0 Å². The lowest BCUT2D eigenvalue weighted by Gasteiger charge is -2.21. The Labute approximate surface area is 186 Å². The van der Waals surface area contributed by atoms with Gasteiger partial charge in [-0.2, -0.15) is 0 Å². The monoisotopic (exact) mass is 453 g/mol. The summed E-state index contributed by atoms with van der Waals surface area (Å²) < 4.78 is 1.57. The lowest BCUT2D eigenvalue weighted by Crippen LogP contribution is -2.35. The summed E-state index contributed by atoms with van der Waals surface area (Å²) in [7, 11) is 1.73. The Hall–Kier alpha value is -2.42. The summed E-state index contributed by atoms with van der Waals surface area (Å²) >= 11 is 4.43. The average Bonchev–Trinajstić information content (AvgIpc) is 3.49. The van der Waals surface area contributed by atoms with Crippen LogP contribution in [-0.2, 0) is 18.3 Å². The van der Waals surface area contributed by atoms with Crippen molar-refractivity contribution in [1.29, 1.82) is 0 Å². The molecule has 0 fully saturated rings. The molecular weight excluding hydrogens is 434 g/mol. The summed E-state index contributed by atoms with van der Waals surface area (Å²) in [6, 6.07) is 12.0. The van der Waals surface area contributed by atoms with E-state index in [1.807, 2.05) is 52.9 Å². The van der Waals surface area contributed by atoms with Crippen LogP contribution in [0.25, 0.3) is 20.7 Å². The highest BCUT2D eigenvalue weighted by molar-refractivity contribution is 8.00. The molecule has 0 unspecified atom stereocenters. The Bertz CT molecular complexity index is 1310. The first-order valence-electron chi connectivity index (χ1n) is 9.62. The SMILES string of the molecule is C[C@@H](Sc1nc2scc(-c3cccs3)c2c(=O)n1C)C(=O)N1CCc2ccccc21. The van der Waals surface area contributed by atoms with Crippen molar-refractivity contribution in [2.75, 3.05) is 11.4 Å². The first kappa shape index (κ1) is 19.5. The predicted octanol–water partition coefficient (Wildman–Crippen LogP) is 4.79. The van der Waals surface area contributed by atoms with Crippen LogP contribution >= 0.6 is 34.4 Å². The van der Waals surface area contributed by atoms with Gasteiger partial charge in [-0.05, 0) is 36.4 Å². The van der Waals surface area contributed by atoms with E-state index in [1.54, 1.807) is 23.0 Å². The molecule has 0 bridgehead atoms. The maximum absolute atomic E-state index is 13.1. The second-order valence-corrected chi connectivity index (χ2v) is 10.3. The van der Waals surface area contributed by atoms with Gasteiger partial charge in [0.2, 0.25) is 5.91 Å². The van der Waals surface area contributed by atoms with Crippen LogP contribution in [0.5, 0.6) is 0 Å². The summed E-state index contributed by atoms with van der Waals surface area (Å²) in [6.45, 7) is 2.58. The number of nitrogens with zero attached hydrogens (tertiary/aromatic N) is 3. The van der Waals surface area contributed by atoms with Gasteiger partial charge in [-0.1, -0.05) is 36.0 Å². The van der Waals surface area contributed by atoms with Gasteiger partial charge in [-0.25, -0.2) is 4.98 Å². The smallest absolute Gasteiger partial charge is 0.263 e. The zero-order chi connectivity index (χ0) is 20.8. The van der Waals surface area contributed by atoms with Crippen molar-refractivity contribution >= 4 is 56.2 Å². The van der Waals surface area contributed by atoms with Crippen LogP contribution < -0.4 is 10.5 Å². The van der Waals surface area contributed by atoms with E-state index in [1.165, 1.54) is 28.7 Å². The van der Waals surface area contributed by atoms with Crippen molar-refractivity contribution in [3.05, 3.63) is 63.1 Å². The number of aromatic nitrogens is 2. The molecular formula is C22H19N3O2S3. The molecule has 4 heterocycles. The molecule has 0 spiro atoms. The molecule has 0 N–H and O–H groups in total. The van der Waals surface area contributed by atoms with Gasteiger partial charge in [0.05, 0.1) is 10.6 Å². The van der Waals surface area contributed by atoms with Gasteiger partial charge in [0.15, 0.2) is 5.16 Å². The van der Waals surface area contributed by atoms with E-state index < -0.39 is 0 Å². The molecule has 3 aromatic heterocycles. The zero-order valence-corrected chi connectivity index (χ0v) is 18.9. The summed E-state index contributed by atoms with van der Waals surface area (Å²) in [6.07, 6.45) is 0.878. The lowest BCUT2D eigenvalue weighted by molar-refractivity contribution is -0.117. The second-order valence-electron chi connectivity index (χ2n) is 7.19. The molecule has 1 aliphatic heterocycles. The number of carbonyl (C=O) groups is 1. The van der Waals surface area contributed by atoms with Crippen molar-refractivity contribution in [3.8, 4) is 10.4 Å². The lowest BCUT2D eigenvalue weighted by atomic mass is 10.2. The van der Waals surface area contributed by atoms with Gasteiger partial charge < -0.3 is 4.90 Å². The number of thiophene rings is 2. The molecule has 0 aliphatic carbocycles. The second kappa shape index (κ2) is 7.68. The van der Waals surface area contributed by atoms with Crippen molar-refractivity contribution in [3.63, 3.8) is 0 Å². The van der Waals surface area contributed by atoms with Gasteiger partial charge in [0.1, 0.15) is 4.83 Å². The number of para-hydroxylation sites is 1. The standard InChI is InChI=1S/C22H19N3O2S3/c1-13(20(26)25-10-9-14-6-3-4-7-16(14)25)30-22-23-19-18(21(27)24(22)2)15(12-29-19)17-8-5-11-28-17/h3-8,11-13H,9-10H2,1-2H3/t13-/m1/s1. The minimum Gasteiger partial charge on any atom is -0.311 e. The molecule has 5 rings (SSSR count). The third-order valence-electron chi connectivity index (χ3n) is 5.34. The Kier molecular flexibility index (Phi) is 5.00. The van der Waals surface area contributed by atoms with Crippen molar-refractivity contribution in [2.45, 2.75) is 23.8 Å². The Morgan fingerprint density at radius 3 is 2.83 bits per heavy atom. The highest BCUT2D eigenvalue weighted by Gasteiger charge is 2.29. The number of amides is 1. The molecule has 5 nitrogen and oxygen atoms in total.